The smallest absolute Gasteiger partial charge is 0.166 e. The topological polar surface area (TPSA) is 0 Å². The van der Waals surface area contributed by atoms with Crippen molar-refractivity contribution >= 4 is 0 Å². The molecule has 0 radical (unpaired) electrons. The third-order valence-electron chi connectivity index (χ3n) is 1.41. The Morgan fingerprint density at radius 2 is 0.833 bits per heavy atom. The van der Waals surface area contributed by atoms with Gasteiger partial charge in [-0.3, -0.25) is 0 Å². The van der Waals surface area contributed by atoms with Crippen LogP contribution in [0.4, 0.5) is 26.3 Å². The van der Waals surface area contributed by atoms with Crippen molar-refractivity contribution in [2.24, 2.45) is 0 Å². The van der Waals surface area contributed by atoms with Gasteiger partial charge in [0.1, 0.15) is 0 Å². The second-order valence-corrected chi connectivity index (χ2v) is 2.25. The number of hydrogen-bond acceptors (Lipinski definition) is 0. The second-order valence-electron chi connectivity index (χ2n) is 2.25. The molecule has 0 aromatic heterocycles. The molecule has 0 amide bonds. The van der Waals surface area contributed by atoms with Gasteiger partial charge in [-0.05, 0) is 13.8 Å². The molecule has 0 aliphatic heterocycles. The molecule has 0 bridgehead atoms. The molecule has 0 unspecified atom stereocenters. The van der Waals surface area contributed by atoms with Crippen LogP contribution in [-0.4, -0.2) is 12.4 Å². The van der Waals surface area contributed by atoms with E-state index in [-0.39, 0.29) is 0 Å². The maximum absolute atomic E-state index is 11.7. The van der Waals surface area contributed by atoms with Crippen LogP contribution in [0.5, 0.6) is 0 Å². The highest BCUT2D eigenvalue weighted by Crippen LogP contribution is 2.35. The average molecular weight is 192 g/mol. The van der Waals surface area contributed by atoms with Crippen LogP contribution in [-0.2, 0) is 0 Å². The predicted molar refractivity (Wildman–Crippen MR) is 30.5 cm³/mol. The summed E-state index contributed by atoms with van der Waals surface area (Å²) in [4.78, 5) is 0. The van der Waals surface area contributed by atoms with Gasteiger partial charge in [0.15, 0.2) is 0 Å². The molecule has 0 saturated carbocycles. The SMILES string of the molecule is C/C(=C(/C)C(F)(F)F)C(F)(F)F. The molecule has 0 saturated heterocycles. The van der Waals surface area contributed by atoms with E-state index >= 15 is 0 Å². The first-order chi connectivity index (χ1) is 5.07. The Kier molecular flexibility index (Phi) is 2.82. The molecule has 0 spiro atoms. The molecule has 0 aliphatic carbocycles. The Labute approximate surface area is 64.9 Å². The summed E-state index contributed by atoms with van der Waals surface area (Å²) >= 11 is 0. The quantitative estimate of drug-likeness (QED) is 0.407. The van der Waals surface area contributed by atoms with Crippen molar-refractivity contribution in [2.45, 2.75) is 26.2 Å². The van der Waals surface area contributed by atoms with E-state index in [1.54, 1.807) is 0 Å². The minimum Gasteiger partial charge on any atom is -0.166 e. The van der Waals surface area contributed by atoms with E-state index in [9.17, 15) is 26.3 Å². The number of rotatable bonds is 0. The van der Waals surface area contributed by atoms with Crippen molar-refractivity contribution in [3.8, 4) is 0 Å². The van der Waals surface area contributed by atoms with Gasteiger partial charge in [0.25, 0.3) is 0 Å². The molecule has 0 atom stereocenters. The van der Waals surface area contributed by atoms with Crippen molar-refractivity contribution < 1.29 is 26.3 Å². The lowest BCUT2D eigenvalue weighted by molar-refractivity contribution is -0.114. The fourth-order valence-electron chi connectivity index (χ4n) is 0.425. The lowest BCUT2D eigenvalue weighted by Gasteiger charge is -2.13. The van der Waals surface area contributed by atoms with Crippen LogP contribution in [0.3, 0.4) is 0 Å². The Balaban J connectivity index is 4.96. The highest BCUT2D eigenvalue weighted by molar-refractivity contribution is 5.18. The summed E-state index contributed by atoms with van der Waals surface area (Å²) in [5, 5.41) is 0. The molecule has 0 fully saturated rings. The highest BCUT2D eigenvalue weighted by Gasteiger charge is 2.40. The van der Waals surface area contributed by atoms with E-state index < -0.39 is 23.5 Å². The van der Waals surface area contributed by atoms with Crippen LogP contribution in [0.1, 0.15) is 13.8 Å². The van der Waals surface area contributed by atoms with Gasteiger partial charge in [-0.25, -0.2) is 0 Å². The first kappa shape index (κ1) is 11.3. The van der Waals surface area contributed by atoms with Crippen LogP contribution in [0.2, 0.25) is 0 Å². The van der Waals surface area contributed by atoms with Crippen LogP contribution in [0.15, 0.2) is 11.1 Å². The van der Waals surface area contributed by atoms with Crippen molar-refractivity contribution in [3.63, 3.8) is 0 Å². The van der Waals surface area contributed by atoms with E-state index in [0.29, 0.717) is 13.8 Å². The highest BCUT2D eigenvalue weighted by atomic mass is 19.4. The summed E-state index contributed by atoms with van der Waals surface area (Å²) in [5.74, 6) is 0. The predicted octanol–water partition coefficient (Wildman–Crippen LogP) is 3.45. The number of hydrogen-bond donors (Lipinski definition) is 0. The molecular weight excluding hydrogens is 186 g/mol. The van der Waals surface area contributed by atoms with Gasteiger partial charge < -0.3 is 0 Å². The minimum atomic E-state index is -4.90. The van der Waals surface area contributed by atoms with E-state index in [1.807, 2.05) is 0 Å². The van der Waals surface area contributed by atoms with Gasteiger partial charge >= 0.3 is 12.4 Å². The summed E-state index contributed by atoms with van der Waals surface area (Å²) in [5.41, 5.74) is -3.20. The lowest BCUT2D eigenvalue weighted by Crippen LogP contribution is -2.18. The zero-order chi connectivity index (χ0) is 10.2. The van der Waals surface area contributed by atoms with E-state index in [0.717, 1.165) is 0 Å². The third kappa shape index (κ3) is 2.75. The largest absolute Gasteiger partial charge is 0.412 e. The standard InChI is InChI=1S/C6H6F6/c1-3(5(7,8)9)4(2)6(10,11)12/h1-2H3/b4-3+. The van der Waals surface area contributed by atoms with Crippen LogP contribution in [0.25, 0.3) is 0 Å². The number of halogens is 6. The normalized spacial score (nSPS) is 16.0. The molecule has 0 nitrogen and oxygen atoms in total. The second kappa shape index (κ2) is 2.99. The van der Waals surface area contributed by atoms with E-state index in [4.69, 9.17) is 0 Å². The molecule has 0 aromatic rings. The summed E-state index contributed by atoms with van der Waals surface area (Å²) < 4.78 is 70.0. The number of alkyl halides is 6. The maximum atomic E-state index is 11.7. The molecule has 72 valence electrons. The summed E-state index contributed by atoms with van der Waals surface area (Å²) in [6.07, 6.45) is -9.81. The molecule has 0 heterocycles. The minimum absolute atomic E-state index is 0.406. The van der Waals surface area contributed by atoms with Crippen LogP contribution < -0.4 is 0 Å². The fourth-order valence-corrected chi connectivity index (χ4v) is 0.425. The Bertz CT molecular complexity index is 171. The van der Waals surface area contributed by atoms with E-state index in [1.165, 1.54) is 0 Å². The zero-order valence-electron chi connectivity index (χ0n) is 6.27. The van der Waals surface area contributed by atoms with Gasteiger partial charge in [-0.15, -0.1) is 0 Å². The molecule has 0 N–H and O–H groups in total. The van der Waals surface area contributed by atoms with Crippen molar-refractivity contribution in [1.29, 1.82) is 0 Å². The van der Waals surface area contributed by atoms with E-state index in [2.05, 4.69) is 0 Å². The summed E-state index contributed by atoms with van der Waals surface area (Å²) in [7, 11) is 0. The molecule has 12 heavy (non-hydrogen) atoms. The third-order valence-corrected chi connectivity index (χ3v) is 1.41. The number of allylic oxidation sites excluding steroid dienone is 2. The molecule has 0 aliphatic rings. The first-order valence-corrected chi connectivity index (χ1v) is 2.88. The Morgan fingerprint density at radius 1 is 0.667 bits per heavy atom. The summed E-state index contributed by atoms with van der Waals surface area (Å²) in [6, 6.07) is 0. The Morgan fingerprint density at radius 3 is 0.917 bits per heavy atom. The van der Waals surface area contributed by atoms with Crippen LogP contribution in [0, 0.1) is 0 Å². The molecule has 0 rings (SSSR count). The maximum Gasteiger partial charge on any atom is 0.412 e. The molecule has 0 aromatic carbocycles. The summed E-state index contributed by atoms with van der Waals surface area (Å²) in [6.45, 7) is 0.811. The first-order valence-electron chi connectivity index (χ1n) is 2.88. The van der Waals surface area contributed by atoms with Gasteiger partial charge in [-0.2, -0.15) is 26.3 Å². The lowest BCUT2D eigenvalue weighted by atomic mass is 10.1. The van der Waals surface area contributed by atoms with Crippen LogP contribution >= 0.6 is 0 Å². The fraction of sp³-hybridized carbons (Fsp3) is 0.667. The van der Waals surface area contributed by atoms with Gasteiger partial charge in [0.05, 0.1) is 0 Å². The van der Waals surface area contributed by atoms with Crippen molar-refractivity contribution in [1.82, 2.24) is 0 Å². The van der Waals surface area contributed by atoms with Crippen molar-refractivity contribution in [2.75, 3.05) is 0 Å². The molecule has 6 heteroatoms. The van der Waals surface area contributed by atoms with Gasteiger partial charge in [0, 0.05) is 11.1 Å². The average Bonchev–Trinajstić information content (AvgIpc) is 1.80. The monoisotopic (exact) mass is 192 g/mol. The zero-order valence-corrected chi connectivity index (χ0v) is 6.27. The molecular formula is C6H6F6. The Hall–Kier alpha value is -0.680. The van der Waals surface area contributed by atoms with Gasteiger partial charge in [0.2, 0.25) is 0 Å². The van der Waals surface area contributed by atoms with Crippen molar-refractivity contribution in [3.05, 3.63) is 11.1 Å². The van der Waals surface area contributed by atoms with Gasteiger partial charge in [-0.1, -0.05) is 0 Å².